The van der Waals surface area contributed by atoms with Crippen molar-refractivity contribution in [2.45, 2.75) is 13.0 Å². The zero-order chi connectivity index (χ0) is 13.8. The second-order valence-corrected chi connectivity index (χ2v) is 4.25. The average Bonchev–Trinajstić information content (AvgIpc) is 2.42. The lowest BCUT2D eigenvalue weighted by Crippen LogP contribution is -2.13. The Kier molecular flexibility index (Phi) is 4.12. The summed E-state index contributed by atoms with van der Waals surface area (Å²) in [5, 5.41) is 3.04. The van der Waals surface area contributed by atoms with E-state index < -0.39 is 0 Å². The SMILES string of the molecule is CNC(C)c1cc(F)ccc1Oc1ccc(F)cc1. The molecule has 2 aromatic carbocycles. The summed E-state index contributed by atoms with van der Waals surface area (Å²) < 4.78 is 31.8. The van der Waals surface area contributed by atoms with Gasteiger partial charge in [0.15, 0.2) is 0 Å². The van der Waals surface area contributed by atoms with Crippen molar-refractivity contribution >= 4 is 0 Å². The Bertz CT molecular complexity index is 555. The first-order valence-corrected chi connectivity index (χ1v) is 6.00. The predicted molar refractivity (Wildman–Crippen MR) is 70.3 cm³/mol. The number of nitrogens with one attached hydrogen (secondary N) is 1. The van der Waals surface area contributed by atoms with Crippen molar-refractivity contribution in [1.82, 2.24) is 5.32 Å². The van der Waals surface area contributed by atoms with Crippen molar-refractivity contribution in [3.63, 3.8) is 0 Å². The van der Waals surface area contributed by atoms with Crippen LogP contribution in [0.5, 0.6) is 11.5 Å². The summed E-state index contributed by atoms with van der Waals surface area (Å²) in [5.41, 5.74) is 0.715. The van der Waals surface area contributed by atoms with E-state index in [1.807, 2.05) is 6.92 Å². The summed E-state index contributed by atoms with van der Waals surface area (Å²) in [6.45, 7) is 1.91. The normalized spacial score (nSPS) is 12.2. The Balaban J connectivity index is 2.31. The second-order valence-electron chi connectivity index (χ2n) is 4.25. The maximum absolute atomic E-state index is 13.3. The zero-order valence-electron chi connectivity index (χ0n) is 10.8. The maximum atomic E-state index is 13.3. The van der Waals surface area contributed by atoms with Crippen molar-refractivity contribution in [2.75, 3.05) is 7.05 Å². The Hall–Kier alpha value is -1.94. The summed E-state index contributed by atoms with van der Waals surface area (Å²) in [4.78, 5) is 0. The lowest BCUT2D eigenvalue weighted by atomic mass is 10.1. The van der Waals surface area contributed by atoms with Crippen LogP contribution in [0.25, 0.3) is 0 Å². The number of benzene rings is 2. The van der Waals surface area contributed by atoms with Gasteiger partial charge in [0.2, 0.25) is 0 Å². The second kappa shape index (κ2) is 5.80. The van der Waals surface area contributed by atoms with Crippen LogP contribution in [-0.2, 0) is 0 Å². The summed E-state index contributed by atoms with van der Waals surface area (Å²) in [6, 6.07) is 10.00. The Morgan fingerprint density at radius 1 is 1.00 bits per heavy atom. The van der Waals surface area contributed by atoms with Gasteiger partial charge in [0.25, 0.3) is 0 Å². The quantitative estimate of drug-likeness (QED) is 0.899. The molecule has 0 fully saturated rings. The minimum Gasteiger partial charge on any atom is -0.457 e. The van der Waals surface area contributed by atoms with E-state index in [0.29, 0.717) is 17.1 Å². The van der Waals surface area contributed by atoms with Crippen LogP contribution >= 0.6 is 0 Å². The number of hydrogen-bond acceptors (Lipinski definition) is 2. The van der Waals surface area contributed by atoms with E-state index in [4.69, 9.17) is 4.74 Å². The molecular formula is C15H15F2NO. The summed E-state index contributed by atoms with van der Waals surface area (Å²) in [7, 11) is 1.79. The first kappa shape index (κ1) is 13.5. The van der Waals surface area contributed by atoms with E-state index >= 15 is 0 Å². The first-order chi connectivity index (χ1) is 9.10. The fourth-order valence-corrected chi connectivity index (χ4v) is 1.74. The Labute approximate surface area is 111 Å². The summed E-state index contributed by atoms with van der Waals surface area (Å²) >= 11 is 0. The third-order valence-electron chi connectivity index (χ3n) is 2.91. The molecule has 0 saturated heterocycles. The average molecular weight is 263 g/mol. The van der Waals surface area contributed by atoms with Gasteiger partial charge >= 0.3 is 0 Å². The fourth-order valence-electron chi connectivity index (χ4n) is 1.74. The third-order valence-corrected chi connectivity index (χ3v) is 2.91. The predicted octanol–water partition coefficient (Wildman–Crippen LogP) is 4.04. The first-order valence-electron chi connectivity index (χ1n) is 6.00. The topological polar surface area (TPSA) is 21.3 Å². The van der Waals surface area contributed by atoms with Gasteiger partial charge in [-0.15, -0.1) is 0 Å². The van der Waals surface area contributed by atoms with Crippen LogP contribution in [-0.4, -0.2) is 7.05 Å². The molecule has 0 saturated carbocycles. The van der Waals surface area contributed by atoms with E-state index in [1.54, 1.807) is 13.1 Å². The number of hydrogen-bond donors (Lipinski definition) is 1. The van der Waals surface area contributed by atoms with Crippen LogP contribution in [0.15, 0.2) is 42.5 Å². The Morgan fingerprint density at radius 3 is 2.26 bits per heavy atom. The molecule has 100 valence electrons. The van der Waals surface area contributed by atoms with Crippen LogP contribution < -0.4 is 10.1 Å². The van der Waals surface area contributed by atoms with Crippen LogP contribution in [0, 0.1) is 11.6 Å². The number of ether oxygens (including phenoxy) is 1. The molecule has 19 heavy (non-hydrogen) atoms. The molecule has 1 atom stereocenters. The fraction of sp³-hybridized carbons (Fsp3) is 0.200. The molecule has 2 rings (SSSR count). The van der Waals surface area contributed by atoms with E-state index in [0.717, 1.165) is 0 Å². The minimum atomic E-state index is -0.324. The van der Waals surface area contributed by atoms with E-state index in [1.165, 1.54) is 36.4 Å². The largest absolute Gasteiger partial charge is 0.457 e. The highest BCUT2D eigenvalue weighted by molar-refractivity contribution is 5.40. The molecule has 0 aromatic heterocycles. The van der Waals surface area contributed by atoms with E-state index in [2.05, 4.69) is 5.32 Å². The molecule has 0 heterocycles. The molecule has 2 nitrogen and oxygen atoms in total. The molecule has 2 aromatic rings. The van der Waals surface area contributed by atoms with Crippen molar-refractivity contribution in [3.8, 4) is 11.5 Å². The van der Waals surface area contributed by atoms with Gasteiger partial charge < -0.3 is 10.1 Å². The molecule has 4 heteroatoms. The van der Waals surface area contributed by atoms with Gasteiger partial charge in [-0.05, 0) is 56.4 Å². The van der Waals surface area contributed by atoms with Gasteiger partial charge in [-0.25, -0.2) is 8.78 Å². The van der Waals surface area contributed by atoms with Gasteiger partial charge in [0, 0.05) is 11.6 Å². The summed E-state index contributed by atoms with van der Waals surface area (Å²) in [5.74, 6) is 0.422. The molecule has 1 unspecified atom stereocenters. The van der Waals surface area contributed by atoms with Gasteiger partial charge in [-0.2, -0.15) is 0 Å². The van der Waals surface area contributed by atoms with E-state index in [9.17, 15) is 8.78 Å². The molecule has 0 radical (unpaired) electrons. The third kappa shape index (κ3) is 3.29. The highest BCUT2D eigenvalue weighted by Crippen LogP contribution is 2.30. The number of halogens is 2. The molecule has 1 N–H and O–H groups in total. The molecule has 0 aliphatic heterocycles. The molecule has 0 bridgehead atoms. The molecule has 0 aliphatic rings. The van der Waals surface area contributed by atoms with Crippen LogP contribution in [0.1, 0.15) is 18.5 Å². The van der Waals surface area contributed by atoms with Gasteiger partial charge in [-0.1, -0.05) is 0 Å². The Morgan fingerprint density at radius 2 is 1.63 bits per heavy atom. The smallest absolute Gasteiger partial charge is 0.132 e. The highest BCUT2D eigenvalue weighted by atomic mass is 19.1. The molecule has 0 spiro atoms. The standard InChI is InChI=1S/C15H15F2NO/c1-10(18-2)14-9-12(17)5-8-15(14)19-13-6-3-11(16)4-7-13/h3-10,18H,1-2H3. The number of rotatable bonds is 4. The lowest BCUT2D eigenvalue weighted by Gasteiger charge is -2.16. The van der Waals surface area contributed by atoms with Gasteiger partial charge in [0.1, 0.15) is 23.1 Å². The van der Waals surface area contributed by atoms with Gasteiger partial charge in [-0.3, -0.25) is 0 Å². The van der Waals surface area contributed by atoms with Crippen molar-refractivity contribution in [2.24, 2.45) is 0 Å². The zero-order valence-corrected chi connectivity index (χ0v) is 10.8. The van der Waals surface area contributed by atoms with Gasteiger partial charge in [0.05, 0.1) is 0 Å². The van der Waals surface area contributed by atoms with Crippen LogP contribution in [0.2, 0.25) is 0 Å². The minimum absolute atomic E-state index is 0.0499. The highest BCUT2D eigenvalue weighted by Gasteiger charge is 2.12. The lowest BCUT2D eigenvalue weighted by molar-refractivity contribution is 0.461. The van der Waals surface area contributed by atoms with Crippen LogP contribution in [0.4, 0.5) is 8.78 Å². The molecule has 0 aliphatic carbocycles. The summed E-state index contributed by atoms with van der Waals surface area (Å²) in [6.07, 6.45) is 0. The monoisotopic (exact) mass is 263 g/mol. The van der Waals surface area contributed by atoms with E-state index in [-0.39, 0.29) is 17.7 Å². The van der Waals surface area contributed by atoms with Crippen molar-refractivity contribution < 1.29 is 13.5 Å². The molecular weight excluding hydrogens is 248 g/mol. The van der Waals surface area contributed by atoms with Crippen molar-refractivity contribution in [3.05, 3.63) is 59.7 Å². The maximum Gasteiger partial charge on any atom is 0.132 e. The molecule has 0 amide bonds. The van der Waals surface area contributed by atoms with Crippen molar-refractivity contribution in [1.29, 1.82) is 0 Å². The van der Waals surface area contributed by atoms with Crippen LogP contribution in [0.3, 0.4) is 0 Å².